The van der Waals surface area contributed by atoms with Crippen LogP contribution >= 0.6 is 0 Å². The molecule has 2 N–H and O–H groups in total. The van der Waals surface area contributed by atoms with Crippen molar-refractivity contribution in [1.29, 1.82) is 5.26 Å². The summed E-state index contributed by atoms with van der Waals surface area (Å²) in [5.74, 6) is 0.681. The van der Waals surface area contributed by atoms with Crippen molar-refractivity contribution in [1.82, 2.24) is 14.9 Å². The lowest BCUT2D eigenvalue weighted by Gasteiger charge is -2.34. The Morgan fingerprint density at radius 3 is 2.80 bits per heavy atom. The highest BCUT2D eigenvalue weighted by atomic mass is 15.3. The lowest BCUT2D eigenvalue weighted by atomic mass is 10.0. The Balaban J connectivity index is 1.63. The molecule has 6 heteroatoms. The number of nitrogens with two attached hydrogens (primary N) is 1. The van der Waals surface area contributed by atoms with Gasteiger partial charge in [-0.3, -0.25) is 4.90 Å². The van der Waals surface area contributed by atoms with Crippen molar-refractivity contribution in [3.63, 3.8) is 0 Å². The van der Waals surface area contributed by atoms with E-state index in [9.17, 15) is 0 Å². The summed E-state index contributed by atoms with van der Waals surface area (Å²) < 4.78 is 0. The fourth-order valence-electron chi connectivity index (χ4n) is 3.07. The normalized spacial score (nSPS) is 24.8. The summed E-state index contributed by atoms with van der Waals surface area (Å²) in [6.07, 6.45) is 4.98. The van der Waals surface area contributed by atoms with E-state index in [1.165, 1.54) is 0 Å². The van der Waals surface area contributed by atoms with Gasteiger partial charge in [0.05, 0.1) is 0 Å². The lowest BCUT2D eigenvalue weighted by Crippen LogP contribution is -2.46. The highest BCUT2D eigenvalue weighted by Crippen LogP contribution is 2.22. The molecule has 1 atom stereocenters. The SMILES string of the molecule is N#Cc1ccnc(N2CCC(N3CCC(N)CC3)C2)n1. The molecule has 2 aliphatic rings. The average molecular weight is 272 g/mol. The van der Waals surface area contributed by atoms with Gasteiger partial charge in [0.25, 0.3) is 0 Å². The number of nitriles is 1. The predicted octanol–water partition coefficient (Wildman–Crippen LogP) is 0.350. The van der Waals surface area contributed by atoms with E-state index in [4.69, 9.17) is 11.0 Å². The molecule has 3 rings (SSSR count). The third-order valence-electron chi connectivity index (χ3n) is 4.29. The van der Waals surface area contributed by atoms with Gasteiger partial charge in [0.15, 0.2) is 0 Å². The largest absolute Gasteiger partial charge is 0.339 e. The molecule has 2 saturated heterocycles. The van der Waals surface area contributed by atoms with Gasteiger partial charge in [0.1, 0.15) is 11.8 Å². The van der Waals surface area contributed by atoms with E-state index in [2.05, 4.69) is 25.8 Å². The quantitative estimate of drug-likeness (QED) is 0.836. The Morgan fingerprint density at radius 2 is 2.05 bits per heavy atom. The molecule has 0 amide bonds. The van der Waals surface area contributed by atoms with Crippen LogP contribution in [0, 0.1) is 11.3 Å². The topological polar surface area (TPSA) is 82.1 Å². The molecular formula is C14H20N6. The second kappa shape index (κ2) is 5.73. The van der Waals surface area contributed by atoms with Crippen LogP contribution in [0.5, 0.6) is 0 Å². The predicted molar refractivity (Wildman–Crippen MR) is 76.1 cm³/mol. The molecule has 106 valence electrons. The summed E-state index contributed by atoms with van der Waals surface area (Å²) in [6, 6.07) is 4.65. The second-order valence-corrected chi connectivity index (χ2v) is 5.62. The lowest BCUT2D eigenvalue weighted by molar-refractivity contribution is 0.163. The average Bonchev–Trinajstić information content (AvgIpc) is 2.98. The zero-order valence-corrected chi connectivity index (χ0v) is 11.6. The Hall–Kier alpha value is -1.71. The van der Waals surface area contributed by atoms with Crippen LogP contribution in [0.4, 0.5) is 5.95 Å². The fourth-order valence-corrected chi connectivity index (χ4v) is 3.07. The molecule has 2 fully saturated rings. The molecule has 0 radical (unpaired) electrons. The van der Waals surface area contributed by atoms with Crippen molar-refractivity contribution in [2.75, 3.05) is 31.1 Å². The van der Waals surface area contributed by atoms with Crippen LogP contribution in [-0.4, -0.2) is 53.1 Å². The smallest absolute Gasteiger partial charge is 0.226 e. The molecule has 20 heavy (non-hydrogen) atoms. The molecule has 1 aromatic heterocycles. The minimum atomic E-state index is 0.374. The van der Waals surface area contributed by atoms with Crippen molar-refractivity contribution in [3.8, 4) is 6.07 Å². The molecular weight excluding hydrogens is 252 g/mol. The van der Waals surface area contributed by atoms with Gasteiger partial charge < -0.3 is 10.6 Å². The maximum atomic E-state index is 8.91. The van der Waals surface area contributed by atoms with Crippen molar-refractivity contribution in [3.05, 3.63) is 18.0 Å². The first-order valence-electron chi connectivity index (χ1n) is 7.24. The molecule has 6 nitrogen and oxygen atoms in total. The van der Waals surface area contributed by atoms with Crippen molar-refractivity contribution in [2.24, 2.45) is 5.73 Å². The summed E-state index contributed by atoms with van der Waals surface area (Å²) >= 11 is 0. The first-order valence-corrected chi connectivity index (χ1v) is 7.24. The zero-order valence-electron chi connectivity index (χ0n) is 11.6. The summed E-state index contributed by atoms with van der Waals surface area (Å²) in [5, 5.41) is 8.91. The van der Waals surface area contributed by atoms with E-state index in [1.807, 2.05) is 0 Å². The number of piperidine rings is 1. The number of anilines is 1. The number of hydrogen-bond donors (Lipinski definition) is 1. The summed E-state index contributed by atoms with van der Waals surface area (Å²) in [4.78, 5) is 13.3. The van der Waals surface area contributed by atoms with Crippen LogP contribution < -0.4 is 10.6 Å². The van der Waals surface area contributed by atoms with Crippen molar-refractivity contribution >= 4 is 5.95 Å². The van der Waals surface area contributed by atoms with Gasteiger partial charge in [-0.25, -0.2) is 9.97 Å². The Labute approximate surface area is 119 Å². The third kappa shape index (κ3) is 2.74. The molecule has 2 aliphatic heterocycles. The van der Waals surface area contributed by atoms with Gasteiger partial charge >= 0.3 is 0 Å². The number of likely N-dealkylation sites (tertiary alicyclic amines) is 1. The second-order valence-electron chi connectivity index (χ2n) is 5.62. The molecule has 0 saturated carbocycles. The van der Waals surface area contributed by atoms with Crippen LogP contribution in [0.15, 0.2) is 12.3 Å². The highest BCUT2D eigenvalue weighted by Gasteiger charge is 2.30. The Kier molecular flexibility index (Phi) is 3.81. The molecule has 0 aromatic carbocycles. The molecule has 0 bridgehead atoms. The molecule has 0 aliphatic carbocycles. The maximum Gasteiger partial charge on any atom is 0.226 e. The first kappa shape index (κ1) is 13.3. The van der Waals surface area contributed by atoms with Gasteiger partial charge in [-0.2, -0.15) is 5.26 Å². The van der Waals surface area contributed by atoms with E-state index < -0.39 is 0 Å². The van der Waals surface area contributed by atoms with E-state index in [1.54, 1.807) is 12.3 Å². The van der Waals surface area contributed by atoms with Crippen LogP contribution in [0.1, 0.15) is 25.0 Å². The van der Waals surface area contributed by atoms with Crippen molar-refractivity contribution in [2.45, 2.75) is 31.3 Å². The van der Waals surface area contributed by atoms with Gasteiger partial charge in [-0.1, -0.05) is 0 Å². The fraction of sp³-hybridized carbons (Fsp3) is 0.643. The van der Waals surface area contributed by atoms with Gasteiger partial charge in [0.2, 0.25) is 5.95 Å². The monoisotopic (exact) mass is 272 g/mol. The number of hydrogen-bond acceptors (Lipinski definition) is 6. The van der Waals surface area contributed by atoms with Crippen LogP contribution in [0.25, 0.3) is 0 Å². The summed E-state index contributed by atoms with van der Waals surface area (Å²) in [7, 11) is 0. The van der Waals surface area contributed by atoms with Crippen LogP contribution in [0.3, 0.4) is 0 Å². The van der Waals surface area contributed by atoms with E-state index in [0.717, 1.165) is 45.4 Å². The molecule has 1 aromatic rings. The zero-order chi connectivity index (χ0) is 13.9. The Bertz CT molecular complexity index is 503. The Morgan fingerprint density at radius 1 is 1.25 bits per heavy atom. The minimum absolute atomic E-state index is 0.374. The highest BCUT2D eigenvalue weighted by molar-refractivity contribution is 5.35. The maximum absolute atomic E-state index is 8.91. The number of aromatic nitrogens is 2. The number of nitrogens with zero attached hydrogens (tertiary/aromatic N) is 5. The van der Waals surface area contributed by atoms with Crippen LogP contribution in [0.2, 0.25) is 0 Å². The summed E-state index contributed by atoms with van der Waals surface area (Å²) in [6.45, 7) is 4.10. The van der Waals surface area contributed by atoms with Gasteiger partial charge in [-0.05, 0) is 38.4 Å². The van der Waals surface area contributed by atoms with E-state index in [-0.39, 0.29) is 0 Å². The number of rotatable bonds is 2. The summed E-state index contributed by atoms with van der Waals surface area (Å²) in [5.41, 5.74) is 6.39. The minimum Gasteiger partial charge on any atom is -0.339 e. The first-order chi connectivity index (χ1) is 9.76. The van der Waals surface area contributed by atoms with Gasteiger partial charge in [-0.15, -0.1) is 0 Å². The van der Waals surface area contributed by atoms with Crippen molar-refractivity contribution < 1.29 is 0 Å². The van der Waals surface area contributed by atoms with Crippen LogP contribution in [-0.2, 0) is 0 Å². The van der Waals surface area contributed by atoms with E-state index in [0.29, 0.717) is 23.7 Å². The van der Waals surface area contributed by atoms with E-state index >= 15 is 0 Å². The van der Waals surface area contributed by atoms with Gasteiger partial charge in [0, 0.05) is 31.4 Å². The standard InChI is InChI=1S/C14H20N6/c15-9-12-1-5-17-14(18-12)20-8-4-13(10-20)19-6-2-11(16)3-7-19/h1,5,11,13H,2-4,6-8,10,16H2. The molecule has 0 spiro atoms. The third-order valence-corrected chi connectivity index (χ3v) is 4.29. The molecule has 1 unspecified atom stereocenters. The molecule has 3 heterocycles.